The SMILES string of the molecule is CN(C)[C@H]1C(=O)C(C(N)=O)C(=O)[C@]2(O)C(=O)C3C(=O)c4c(O)ccc(-c5ncccn5)c4C[C@@H]3C[C@H]12. The number of nitrogens with zero attached hydrogens (tertiary/aromatic N) is 3. The van der Waals surface area contributed by atoms with Crippen molar-refractivity contribution in [2.45, 2.75) is 24.5 Å². The number of rotatable bonds is 3. The fourth-order valence-electron chi connectivity index (χ4n) is 6.25. The number of aliphatic hydroxyl groups is 1. The third-order valence-electron chi connectivity index (χ3n) is 7.75. The van der Waals surface area contributed by atoms with E-state index in [2.05, 4.69) is 9.97 Å². The van der Waals surface area contributed by atoms with Gasteiger partial charge >= 0.3 is 0 Å². The van der Waals surface area contributed by atoms with Crippen molar-refractivity contribution in [1.82, 2.24) is 14.9 Å². The number of phenolic OH excluding ortho intramolecular Hbond substituents is 1. The predicted octanol–water partition coefficient (Wildman–Crippen LogP) is -0.676. The van der Waals surface area contributed by atoms with Crippen LogP contribution >= 0.6 is 0 Å². The van der Waals surface area contributed by atoms with Crippen LogP contribution in [0.2, 0.25) is 0 Å². The zero-order chi connectivity index (χ0) is 26.1. The lowest BCUT2D eigenvalue weighted by Crippen LogP contribution is -2.74. The van der Waals surface area contributed by atoms with Crippen LogP contribution in [0.1, 0.15) is 22.3 Å². The number of amides is 1. The summed E-state index contributed by atoms with van der Waals surface area (Å²) < 4.78 is 0. The van der Waals surface area contributed by atoms with Crippen molar-refractivity contribution in [3.05, 3.63) is 41.7 Å². The zero-order valence-corrected chi connectivity index (χ0v) is 19.5. The van der Waals surface area contributed by atoms with Gasteiger partial charge in [0.2, 0.25) is 5.91 Å². The summed E-state index contributed by atoms with van der Waals surface area (Å²) in [6.07, 6.45) is 3.20. The number of hydrogen-bond donors (Lipinski definition) is 3. The van der Waals surface area contributed by atoms with Gasteiger partial charge in [-0.1, -0.05) is 0 Å². The van der Waals surface area contributed by atoms with E-state index >= 15 is 0 Å². The highest BCUT2D eigenvalue weighted by molar-refractivity contribution is 6.32. The molecule has 0 radical (unpaired) electrons. The molecule has 2 saturated carbocycles. The Bertz CT molecular complexity index is 1340. The molecule has 2 aromatic rings. The molecule has 0 spiro atoms. The van der Waals surface area contributed by atoms with Gasteiger partial charge in [-0.3, -0.25) is 28.9 Å². The number of likely N-dealkylation sites (N-methyl/N-ethyl adjacent to an activating group) is 1. The predicted molar refractivity (Wildman–Crippen MR) is 122 cm³/mol. The normalized spacial score (nSPS) is 31.6. The second-order valence-corrected chi connectivity index (χ2v) is 9.85. The van der Waals surface area contributed by atoms with Crippen molar-refractivity contribution in [2.24, 2.45) is 29.4 Å². The largest absolute Gasteiger partial charge is 0.507 e. The number of carbonyl (C=O) groups is 5. The van der Waals surface area contributed by atoms with Crippen LogP contribution in [0.5, 0.6) is 5.75 Å². The number of hydrogen-bond acceptors (Lipinski definition) is 10. The van der Waals surface area contributed by atoms with E-state index in [0.29, 0.717) is 17.0 Å². The van der Waals surface area contributed by atoms with E-state index in [9.17, 15) is 34.2 Å². The highest BCUT2D eigenvalue weighted by Crippen LogP contribution is 2.51. The highest BCUT2D eigenvalue weighted by Gasteiger charge is 2.69. The van der Waals surface area contributed by atoms with Crippen LogP contribution in [0.4, 0.5) is 0 Å². The first-order chi connectivity index (χ1) is 17.0. The molecule has 0 saturated heterocycles. The molecule has 2 fully saturated rings. The minimum Gasteiger partial charge on any atom is -0.507 e. The summed E-state index contributed by atoms with van der Waals surface area (Å²) in [6, 6.07) is 3.39. The minimum absolute atomic E-state index is 0.0192. The Kier molecular flexibility index (Phi) is 5.38. The molecule has 1 aromatic heterocycles. The topological polar surface area (TPSA) is 181 Å². The van der Waals surface area contributed by atoms with Gasteiger partial charge in [-0.25, -0.2) is 9.97 Å². The average Bonchev–Trinajstić information content (AvgIpc) is 2.81. The quantitative estimate of drug-likeness (QED) is 0.465. The average molecular weight is 492 g/mol. The lowest BCUT2D eigenvalue weighted by molar-refractivity contribution is -0.181. The van der Waals surface area contributed by atoms with Crippen molar-refractivity contribution < 1.29 is 34.2 Å². The number of carbonyl (C=O) groups excluding carboxylic acids is 5. The summed E-state index contributed by atoms with van der Waals surface area (Å²) in [4.78, 5) is 75.8. The summed E-state index contributed by atoms with van der Waals surface area (Å²) in [6.45, 7) is 0. The van der Waals surface area contributed by atoms with Crippen molar-refractivity contribution >= 4 is 29.0 Å². The summed E-state index contributed by atoms with van der Waals surface area (Å²) >= 11 is 0. The molecule has 1 amide bonds. The Hall–Kier alpha value is -3.83. The first kappa shape index (κ1) is 23.9. The Balaban J connectivity index is 1.66. The van der Waals surface area contributed by atoms with E-state index in [-0.39, 0.29) is 24.2 Å². The van der Waals surface area contributed by atoms with Gasteiger partial charge in [-0.2, -0.15) is 0 Å². The Morgan fingerprint density at radius 1 is 1.11 bits per heavy atom. The molecule has 0 bridgehead atoms. The fraction of sp³-hybridized carbons (Fsp3) is 0.400. The van der Waals surface area contributed by atoms with Gasteiger partial charge in [-0.05, 0) is 56.6 Å². The number of primary amides is 1. The van der Waals surface area contributed by atoms with E-state index < -0.39 is 64.4 Å². The molecule has 5 rings (SSSR count). The molecule has 186 valence electrons. The summed E-state index contributed by atoms with van der Waals surface area (Å²) in [7, 11) is 3.08. The van der Waals surface area contributed by atoms with Gasteiger partial charge < -0.3 is 15.9 Å². The Morgan fingerprint density at radius 2 is 1.78 bits per heavy atom. The van der Waals surface area contributed by atoms with Gasteiger partial charge in [0.05, 0.1) is 17.5 Å². The number of phenols is 1. The maximum absolute atomic E-state index is 13.8. The first-order valence-corrected chi connectivity index (χ1v) is 11.5. The molecule has 2 unspecified atom stereocenters. The number of aromatic nitrogens is 2. The maximum Gasteiger partial charge on any atom is 0.235 e. The molecule has 1 aromatic carbocycles. The lowest BCUT2D eigenvalue weighted by atomic mass is 9.52. The Morgan fingerprint density at radius 3 is 2.39 bits per heavy atom. The molecule has 36 heavy (non-hydrogen) atoms. The minimum atomic E-state index is -2.74. The maximum atomic E-state index is 13.8. The smallest absolute Gasteiger partial charge is 0.235 e. The molecule has 0 aliphatic heterocycles. The molecule has 4 N–H and O–H groups in total. The molecule has 3 aliphatic carbocycles. The van der Waals surface area contributed by atoms with Crippen molar-refractivity contribution in [3.63, 3.8) is 0 Å². The van der Waals surface area contributed by atoms with E-state index in [1.807, 2.05) is 0 Å². The van der Waals surface area contributed by atoms with Crippen LogP contribution in [0.25, 0.3) is 11.4 Å². The summed E-state index contributed by atoms with van der Waals surface area (Å²) in [5, 5.41) is 22.1. The van der Waals surface area contributed by atoms with Gasteiger partial charge in [0.15, 0.2) is 40.5 Å². The molecule has 1 heterocycles. The number of ketones is 4. The number of Topliss-reactive ketones (excluding diaryl/α,β-unsaturated/α-hetero) is 4. The lowest BCUT2D eigenvalue weighted by Gasteiger charge is -2.52. The van der Waals surface area contributed by atoms with Gasteiger partial charge in [0.25, 0.3) is 0 Å². The summed E-state index contributed by atoms with van der Waals surface area (Å²) in [5.41, 5.74) is 3.45. The zero-order valence-electron chi connectivity index (χ0n) is 19.5. The van der Waals surface area contributed by atoms with Crippen LogP contribution in [0.3, 0.4) is 0 Å². The van der Waals surface area contributed by atoms with E-state index in [0.717, 1.165) is 0 Å². The Labute approximate surface area is 205 Å². The van der Waals surface area contributed by atoms with Crippen molar-refractivity contribution in [2.75, 3.05) is 14.1 Å². The van der Waals surface area contributed by atoms with E-state index in [1.165, 1.54) is 37.5 Å². The number of benzene rings is 1. The number of fused-ring (bicyclic) bond motifs is 3. The molecule has 3 aliphatic rings. The molecule has 11 nitrogen and oxygen atoms in total. The monoisotopic (exact) mass is 492 g/mol. The van der Waals surface area contributed by atoms with E-state index in [4.69, 9.17) is 5.73 Å². The molecular weight excluding hydrogens is 468 g/mol. The summed E-state index contributed by atoms with van der Waals surface area (Å²) in [5.74, 6) is -10.4. The van der Waals surface area contributed by atoms with Crippen LogP contribution in [-0.2, 0) is 25.6 Å². The standard InChI is InChI=1S/C25H24N4O7/c1-29(2)18-13-9-10-8-12-11(24-27-6-3-7-28-24)4-5-14(30)16(12)19(31)15(10)21(33)25(13,36)22(34)17(20(18)32)23(26)35/h3-7,10,13,15,17-18,30,36H,8-9H2,1-2H3,(H2,26,35)/t10-,13-,15?,17?,18-,25-/m1/s1. The van der Waals surface area contributed by atoms with Crippen LogP contribution in [-0.4, -0.2) is 79.9 Å². The third kappa shape index (κ3) is 3.09. The second kappa shape index (κ2) is 8.10. The molecular formula is C25H24N4O7. The molecule has 11 heteroatoms. The van der Waals surface area contributed by atoms with Crippen molar-refractivity contribution in [1.29, 1.82) is 0 Å². The van der Waals surface area contributed by atoms with Crippen LogP contribution in [0, 0.1) is 23.7 Å². The number of aromatic hydroxyl groups is 1. The third-order valence-corrected chi connectivity index (χ3v) is 7.75. The van der Waals surface area contributed by atoms with Crippen LogP contribution in [0.15, 0.2) is 30.6 Å². The highest BCUT2D eigenvalue weighted by atomic mass is 16.3. The first-order valence-electron chi connectivity index (χ1n) is 11.5. The van der Waals surface area contributed by atoms with Gasteiger partial charge in [0, 0.05) is 23.9 Å². The van der Waals surface area contributed by atoms with Gasteiger partial charge in [-0.15, -0.1) is 0 Å². The van der Waals surface area contributed by atoms with Gasteiger partial charge in [0.1, 0.15) is 5.75 Å². The van der Waals surface area contributed by atoms with Crippen LogP contribution < -0.4 is 5.73 Å². The fourth-order valence-corrected chi connectivity index (χ4v) is 6.25. The molecule has 6 atom stereocenters. The number of nitrogens with two attached hydrogens (primary N) is 1. The second-order valence-electron chi connectivity index (χ2n) is 9.85. The van der Waals surface area contributed by atoms with E-state index in [1.54, 1.807) is 12.1 Å². The van der Waals surface area contributed by atoms with Crippen molar-refractivity contribution in [3.8, 4) is 17.1 Å².